The van der Waals surface area contributed by atoms with E-state index in [1.54, 1.807) is 24.3 Å². The molecule has 4 nitrogen and oxygen atoms in total. The first kappa shape index (κ1) is 16.6. The quantitative estimate of drug-likeness (QED) is 0.474. The van der Waals surface area contributed by atoms with Crippen molar-refractivity contribution < 1.29 is 19.7 Å². The molecule has 0 saturated carbocycles. The molecule has 0 saturated heterocycles. The van der Waals surface area contributed by atoms with E-state index in [0.717, 1.165) is 16.5 Å². The molecule has 23 heavy (non-hydrogen) atoms. The monoisotopic (exact) mass is 328 g/mol. The number of carbonyl (C=O) groups is 1. The van der Waals surface area contributed by atoms with Gasteiger partial charge in [0.2, 0.25) is 0 Å². The number of ketones is 1. The lowest BCUT2D eigenvalue weighted by molar-refractivity contribution is -0.110. The van der Waals surface area contributed by atoms with Gasteiger partial charge in [0.25, 0.3) is 0 Å². The largest absolute Gasteiger partial charge is 0.508 e. The molecule has 0 aliphatic carbocycles. The zero-order valence-corrected chi connectivity index (χ0v) is 13.3. The van der Waals surface area contributed by atoms with Crippen LogP contribution < -0.4 is 4.74 Å². The highest BCUT2D eigenvalue weighted by Crippen LogP contribution is 2.26. The smallest absolute Gasteiger partial charge is 0.182 e. The Morgan fingerprint density at radius 3 is 2.74 bits per heavy atom. The maximum Gasteiger partial charge on any atom is 0.182 e. The molecule has 0 bridgehead atoms. The molecule has 5 heteroatoms. The summed E-state index contributed by atoms with van der Waals surface area (Å²) in [5.41, 5.74) is 0.723. The Labute approximate surface area is 138 Å². The molecule has 0 aliphatic heterocycles. The van der Waals surface area contributed by atoms with Crippen LogP contribution in [0, 0.1) is 0 Å². The van der Waals surface area contributed by atoms with E-state index in [1.807, 2.05) is 17.5 Å². The normalized spacial score (nSPS) is 12.1. The van der Waals surface area contributed by atoms with Gasteiger partial charge in [-0.1, -0.05) is 18.2 Å². The highest BCUT2D eigenvalue weighted by Gasteiger charge is 2.00. The number of aliphatic hydroxyl groups is 1. The third-order valence-corrected chi connectivity index (χ3v) is 3.73. The van der Waals surface area contributed by atoms with Crippen LogP contribution in [0.4, 0.5) is 0 Å². The number of rotatable bonds is 6. The standard InChI is InChI=1S/C18H16O4S/c1-22-18-11-13(5-9-17(18)21)4-6-14(19)12-15(20)7-8-16-3-2-10-23-16/h2-12,19,21H,1H3/b6-4+,8-7+,14-12-. The van der Waals surface area contributed by atoms with Crippen LogP contribution >= 0.6 is 11.3 Å². The van der Waals surface area contributed by atoms with Gasteiger partial charge in [0, 0.05) is 11.0 Å². The molecule has 0 aliphatic rings. The minimum Gasteiger partial charge on any atom is -0.508 e. The number of benzene rings is 1. The van der Waals surface area contributed by atoms with E-state index in [0.29, 0.717) is 5.75 Å². The van der Waals surface area contributed by atoms with E-state index in [4.69, 9.17) is 4.74 Å². The maximum atomic E-state index is 11.7. The third kappa shape index (κ3) is 5.16. The summed E-state index contributed by atoms with van der Waals surface area (Å²) in [4.78, 5) is 12.7. The van der Waals surface area contributed by atoms with E-state index >= 15 is 0 Å². The second-order valence-corrected chi connectivity index (χ2v) is 5.56. The number of thiophene rings is 1. The van der Waals surface area contributed by atoms with Gasteiger partial charge < -0.3 is 14.9 Å². The van der Waals surface area contributed by atoms with Gasteiger partial charge >= 0.3 is 0 Å². The van der Waals surface area contributed by atoms with Gasteiger partial charge in [-0.2, -0.15) is 0 Å². The van der Waals surface area contributed by atoms with Crippen molar-refractivity contribution in [3.63, 3.8) is 0 Å². The molecule has 0 fully saturated rings. The van der Waals surface area contributed by atoms with Gasteiger partial charge in [-0.3, -0.25) is 4.79 Å². The summed E-state index contributed by atoms with van der Waals surface area (Å²) < 4.78 is 5.00. The number of carbonyl (C=O) groups excluding carboxylic acids is 1. The summed E-state index contributed by atoms with van der Waals surface area (Å²) in [6, 6.07) is 8.58. The fraction of sp³-hybridized carbons (Fsp3) is 0.0556. The van der Waals surface area contributed by atoms with E-state index in [1.165, 1.54) is 36.7 Å². The summed E-state index contributed by atoms with van der Waals surface area (Å²) in [5.74, 6) is -0.0782. The average Bonchev–Trinajstić information content (AvgIpc) is 3.05. The van der Waals surface area contributed by atoms with E-state index in [-0.39, 0.29) is 17.3 Å². The Hall–Kier alpha value is -2.79. The Kier molecular flexibility index (Phi) is 5.77. The van der Waals surface area contributed by atoms with Gasteiger partial charge in [0.1, 0.15) is 5.76 Å². The number of allylic oxidation sites excluding steroid dienone is 3. The van der Waals surface area contributed by atoms with Crippen molar-refractivity contribution in [1.82, 2.24) is 0 Å². The highest BCUT2D eigenvalue weighted by molar-refractivity contribution is 7.10. The van der Waals surface area contributed by atoms with Gasteiger partial charge in [0.05, 0.1) is 7.11 Å². The van der Waals surface area contributed by atoms with E-state index in [9.17, 15) is 15.0 Å². The second-order valence-electron chi connectivity index (χ2n) is 4.58. The fourth-order valence-corrected chi connectivity index (χ4v) is 2.39. The number of phenols is 1. The van der Waals surface area contributed by atoms with Gasteiger partial charge in [-0.25, -0.2) is 0 Å². The minimum absolute atomic E-state index is 0.0401. The van der Waals surface area contributed by atoms with Crippen molar-refractivity contribution >= 4 is 29.3 Å². The number of methoxy groups -OCH3 is 1. The number of hydrogen-bond donors (Lipinski definition) is 2. The van der Waals surface area contributed by atoms with Crippen molar-refractivity contribution in [3.8, 4) is 11.5 Å². The molecule has 2 rings (SSSR count). The molecule has 2 N–H and O–H groups in total. The molecule has 118 valence electrons. The SMILES string of the molecule is COc1cc(/C=C/C(O)=C/C(=O)/C=C/c2cccs2)ccc1O. The summed E-state index contributed by atoms with van der Waals surface area (Å²) in [7, 11) is 1.46. The highest BCUT2D eigenvalue weighted by atomic mass is 32.1. The molecule has 0 radical (unpaired) electrons. The Morgan fingerprint density at radius 2 is 2.04 bits per heavy atom. The number of ether oxygens (including phenoxy) is 1. The van der Waals surface area contributed by atoms with Crippen molar-refractivity contribution in [2.45, 2.75) is 0 Å². The summed E-state index contributed by atoms with van der Waals surface area (Å²) in [6.07, 6.45) is 7.26. The first-order chi connectivity index (χ1) is 11.1. The Bertz CT molecular complexity index is 755. The fourth-order valence-electron chi connectivity index (χ4n) is 1.77. The van der Waals surface area contributed by atoms with Gasteiger partial charge in [0.15, 0.2) is 17.3 Å². The van der Waals surface area contributed by atoms with E-state index in [2.05, 4.69) is 0 Å². The molecule has 1 heterocycles. The van der Waals surface area contributed by atoms with Crippen molar-refractivity contribution in [2.24, 2.45) is 0 Å². The molecular formula is C18H16O4S. The third-order valence-electron chi connectivity index (χ3n) is 2.90. The first-order valence-electron chi connectivity index (χ1n) is 6.80. The Balaban J connectivity index is 2.02. The first-order valence-corrected chi connectivity index (χ1v) is 7.68. The predicted octanol–water partition coefficient (Wildman–Crippen LogP) is 4.20. The molecule has 1 aromatic heterocycles. The molecule has 0 amide bonds. The molecule has 2 aromatic rings. The topological polar surface area (TPSA) is 66.8 Å². The van der Waals surface area contributed by atoms with Crippen LogP contribution in [0.2, 0.25) is 0 Å². The number of aliphatic hydroxyl groups excluding tert-OH is 1. The lowest BCUT2D eigenvalue weighted by atomic mass is 10.1. The molecule has 0 unspecified atom stereocenters. The van der Waals surface area contributed by atoms with Gasteiger partial charge in [-0.05, 0) is 47.4 Å². The van der Waals surface area contributed by atoms with Crippen LogP contribution in [0.5, 0.6) is 11.5 Å². The summed E-state index contributed by atoms with van der Waals surface area (Å²) in [6.45, 7) is 0. The number of aromatic hydroxyl groups is 1. The van der Waals surface area contributed by atoms with Crippen LogP contribution in [0.3, 0.4) is 0 Å². The van der Waals surface area contributed by atoms with Crippen LogP contribution in [0.15, 0.2) is 59.7 Å². The number of phenolic OH excluding ortho intramolecular Hbond substituents is 1. The zero-order valence-electron chi connectivity index (χ0n) is 12.5. The Morgan fingerprint density at radius 1 is 1.22 bits per heavy atom. The number of hydrogen-bond acceptors (Lipinski definition) is 5. The molecule has 0 spiro atoms. The minimum atomic E-state index is -0.302. The molecule has 1 aromatic carbocycles. The van der Waals surface area contributed by atoms with Crippen LogP contribution in [0.1, 0.15) is 10.4 Å². The lowest BCUT2D eigenvalue weighted by Crippen LogP contribution is -1.88. The second kappa shape index (κ2) is 8.00. The zero-order chi connectivity index (χ0) is 16.7. The van der Waals surface area contributed by atoms with Crippen molar-refractivity contribution in [3.05, 3.63) is 70.1 Å². The lowest BCUT2D eigenvalue weighted by Gasteiger charge is -2.03. The van der Waals surface area contributed by atoms with Crippen LogP contribution in [-0.4, -0.2) is 23.1 Å². The molecule has 0 atom stereocenters. The maximum absolute atomic E-state index is 11.7. The average molecular weight is 328 g/mol. The van der Waals surface area contributed by atoms with Crippen LogP contribution in [-0.2, 0) is 4.79 Å². The van der Waals surface area contributed by atoms with Crippen molar-refractivity contribution in [1.29, 1.82) is 0 Å². The van der Waals surface area contributed by atoms with Gasteiger partial charge in [-0.15, -0.1) is 11.3 Å². The summed E-state index contributed by atoms with van der Waals surface area (Å²) in [5, 5.41) is 21.2. The summed E-state index contributed by atoms with van der Waals surface area (Å²) >= 11 is 1.53. The van der Waals surface area contributed by atoms with Crippen molar-refractivity contribution in [2.75, 3.05) is 7.11 Å². The predicted molar refractivity (Wildman–Crippen MR) is 92.8 cm³/mol. The van der Waals surface area contributed by atoms with Crippen LogP contribution in [0.25, 0.3) is 12.2 Å². The molecular weight excluding hydrogens is 312 g/mol. The van der Waals surface area contributed by atoms with E-state index < -0.39 is 0 Å².